The Morgan fingerprint density at radius 3 is 2.58 bits per heavy atom. The molecule has 0 unspecified atom stereocenters. The van der Waals surface area contributed by atoms with Crippen LogP contribution >= 0.6 is 0 Å². The Balaban J connectivity index is 1.71. The van der Waals surface area contributed by atoms with Gasteiger partial charge in [0, 0.05) is 50.6 Å². The first kappa shape index (κ1) is 18.3. The molecule has 2 heterocycles. The number of benzene rings is 1. The summed E-state index contributed by atoms with van der Waals surface area (Å²) in [5, 5.41) is 0. The summed E-state index contributed by atoms with van der Waals surface area (Å²) in [6.45, 7) is 7.28. The van der Waals surface area contributed by atoms with Gasteiger partial charge in [-0.3, -0.25) is 9.36 Å². The van der Waals surface area contributed by atoms with Crippen molar-refractivity contribution in [1.29, 1.82) is 0 Å². The monoisotopic (exact) mass is 356 g/mol. The predicted molar refractivity (Wildman–Crippen MR) is 103 cm³/mol. The Morgan fingerprint density at radius 2 is 1.92 bits per heavy atom. The molecule has 1 amide bonds. The van der Waals surface area contributed by atoms with E-state index in [1.54, 1.807) is 7.11 Å². The van der Waals surface area contributed by atoms with Gasteiger partial charge in [0.1, 0.15) is 5.75 Å². The topological polar surface area (TPSA) is 50.6 Å². The van der Waals surface area contributed by atoms with E-state index < -0.39 is 0 Å². The quantitative estimate of drug-likeness (QED) is 0.798. The Labute approximate surface area is 155 Å². The number of ether oxygens (including phenoxy) is 1. The molecule has 0 spiro atoms. The number of nitrogens with zero attached hydrogens (tertiary/aromatic N) is 4. The number of piperazine rings is 1. The molecule has 2 aromatic rings. The molecule has 6 heteroatoms. The van der Waals surface area contributed by atoms with Gasteiger partial charge in [-0.2, -0.15) is 0 Å². The van der Waals surface area contributed by atoms with Crippen LogP contribution in [-0.2, 0) is 4.79 Å². The molecule has 0 atom stereocenters. The molecule has 0 aliphatic carbocycles. The number of carbonyl (C=O) groups excluding carboxylic acids is 1. The number of methoxy groups -OCH3 is 1. The van der Waals surface area contributed by atoms with E-state index in [2.05, 4.69) is 28.3 Å². The lowest BCUT2D eigenvalue weighted by Crippen LogP contribution is -2.51. The highest BCUT2D eigenvalue weighted by atomic mass is 16.5. The number of aromatic nitrogens is 2. The van der Waals surface area contributed by atoms with Crippen molar-refractivity contribution < 1.29 is 9.53 Å². The maximum Gasteiger partial charge on any atom is 0.225 e. The second-order valence-corrected chi connectivity index (χ2v) is 6.62. The van der Waals surface area contributed by atoms with Crippen LogP contribution in [0.1, 0.15) is 26.7 Å². The van der Waals surface area contributed by atoms with Crippen LogP contribution in [-0.4, -0.2) is 53.6 Å². The minimum atomic E-state index is 0.153. The minimum absolute atomic E-state index is 0.153. The molecular weight excluding hydrogens is 328 g/mol. The third-order valence-corrected chi connectivity index (χ3v) is 5.16. The van der Waals surface area contributed by atoms with Gasteiger partial charge in [-0.25, -0.2) is 4.98 Å². The number of rotatable bonds is 6. The molecule has 1 fully saturated rings. The van der Waals surface area contributed by atoms with Gasteiger partial charge in [0.2, 0.25) is 11.9 Å². The first-order valence-electron chi connectivity index (χ1n) is 9.39. The molecule has 1 aliphatic heterocycles. The van der Waals surface area contributed by atoms with Crippen molar-refractivity contribution in [2.45, 2.75) is 26.7 Å². The van der Waals surface area contributed by atoms with Crippen LogP contribution < -0.4 is 9.64 Å². The number of anilines is 1. The lowest BCUT2D eigenvalue weighted by molar-refractivity contribution is -0.136. The second-order valence-electron chi connectivity index (χ2n) is 6.62. The number of hydrogen-bond donors (Lipinski definition) is 0. The number of hydrogen-bond acceptors (Lipinski definition) is 4. The molecular formula is C20H28N4O2. The fourth-order valence-electron chi connectivity index (χ4n) is 3.51. The molecule has 140 valence electrons. The maximum absolute atomic E-state index is 12.6. The van der Waals surface area contributed by atoms with Crippen molar-refractivity contribution >= 4 is 11.9 Å². The molecule has 0 radical (unpaired) electrons. The van der Waals surface area contributed by atoms with Gasteiger partial charge in [0.15, 0.2) is 0 Å². The summed E-state index contributed by atoms with van der Waals surface area (Å²) in [5.41, 5.74) is 1.02. The summed E-state index contributed by atoms with van der Waals surface area (Å²) in [7, 11) is 1.67. The average Bonchev–Trinajstić information content (AvgIpc) is 3.19. The molecule has 1 aromatic heterocycles. The zero-order valence-corrected chi connectivity index (χ0v) is 15.9. The maximum atomic E-state index is 12.6. The van der Waals surface area contributed by atoms with E-state index >= 15 is 0 Å². The molecule has 6 nitrogen and oxygen atoms in total. The van der Waals surface area contributed by atoms with E-state index in [9.17, 15) is 4.79 Å². The molecule has 0 N–H and O–H groups in total. The Kier molecular flexibility index (Phi) is 5.81. The minimum Gasteiger partial charge on any atom is -0.497 e. The van der Waals surface area contributed by atoms with Crippen LogP contribution in [0.3, 0.4) is 0 Å². The first-order chi connectivity index (χ1) is 12.7. The Hall–Kier alpha value is -2.50. The molecule has 1 aromatic carbocycles. The van der Waals surface area contributed by atoms with Gasteiger partial charge in [0.25, 0.3) is 0 Å². The van der Waals surface area contributed by atoms with Gasteiger partial charge in [-0.1, -0.05) is 19.9 Å². The number of carbonyl (C=O) groups is 1. The van der Waals surface area contributed by atoms with Crippen LogP contribution in [0.5, 0.6) is 5.75 Å². The summed E-state index contributed by atoms with van der Waals surface area (Å²) in [6.07, 6.45) is 5.61. The van der Waals surface area contributed by atoms with Crippen LogP contribution in [0.2, 0.25) is 0 Å². The van der Waals surface area contributed by atoms with Crippen molar-refractivity contribution in [3.05, 3.63) is 36.7 Å². The van der Waals surface area contributed by atoms with Crippen molar-refractivity contribution in [3.8, 4) is 11.4 Å². The predicted octanol–water partition coefficient (Wildman–Crippen LogP) is 2.97. The number of imidazole rings is 1. The number of amides is 1. The largest absolute Gasteiger partial charge is 0.497 e. The SMILES string of the molecule is CCC(CC)C(=O)N1CCN(c2nccn2-c2cccc(OC)c2)CC1. The van der Waals surface area contributed by atoms with Crippen LogP contribution in [0.4, 0.5) is 5.95 Å². The van der Waals surface area contributed by atoms with E-state index in [-0.39, 0.29) is 5.92 Å². The normalized spacial score (nSPS) is 14.8. The third kappa shape index (κ3) is 3.69. The standard InChI is InChI=1S/C20H28N4O2/c1-4-16(5-2)19(25)22-11-13-23(14-12-22)20-21-9-10-24(20)17-7-6-8-18(15-17)26-3/h6-10,15-16H,4-5,11-14H2,1-3H3. The lowest BCUT2D eigenvalue weighted by Gasteiger charge is -2.36. The highest BCUT2D eigenvalue weighted by Gasteiger charge is 2.27. The first-order valence-corrected chi connectivity index (χ1v) is 9.39. The fourth-order valence-corrected chi connectivity index (χ4v) is 3.51. The fraction of sp³-hybridized carbons (Fsp3) is 0.500. The van der Waals surface area contributed by atoms with Crippen molar-refractivity contribution in [1.82, 2.24) is 14.5 Å². The Morgan fingerprint density at radius 1 is 1.19 bits per heavy atom. The van der Waals surface area contributed by atoms with Crippen molar-refractivity contribution in [3.63, 3.8) is 0 Å². The van der Waals surface area contributed by atoms with Gasteiger partial charge in [-0.15, -0.1) is 0 Å². The van der Waals surface area contributed by atoms with E-state index in [0.717, 1.165) is 56.4 Å². The molecule has 1 aliphatic rings. The van der Waals surface area contributed by atoms with Gasteiger partial charge in [0.05, 0.1) is 12.8 Å². The van der Waals surface area contributed by atoms with E-state index in [4.69, 9.17) is 4.74 Å². The Bertz CT molecular complexity index is 731. The molecule has 1 saturated heterocycles. The van der Waals surface area contributed by atoms with E-state index in [1.807, 2.05) is 41.6 Å². The van der Waals surface area contributed by atoms with Gasteiger partial charge >= 0.3 is 0 Å². The molecule has 0 saturated carbocycles. The second kappa shape index (κ2) is 8.25. The summed E-state index contributed by atoms with van der Waals surface area (Å²) >= 11 is 0. The van der Waals surface area contributed by atoms with Gasteiger partial charge in [-0.05, 0) is 25.0 Å². The van der Waals surface area contributed by atoms with Crippen LogP contribution in [0, 0.1) is 5.92 Å². The highest BCUT2D eigenvalue weighted by molar-refractivity contribution is 5.79. The smallest absolute Gasteiger partial charge is 0.225 e. The highest BCUT2D eigenvalue weighted by Crippen LogP contribution is 2.23. The summed E-state index contributed by atoms with van der Waals surface area (Å²) in [5.74, 6) is 2.18. The van der Waals surface area contributed by atoms with E-state index in [0.29, 0.717) is 5.91 Å². The molecule has 0 bridgehead atoms. The zero-order chi connectivity index (χ0) is 18.5. The lowest BCUT2D eigenvalue weighted by atomic mass is 10.0. The summed E-state index contributed by atoms with van der Waals surface area (Å²) in [6, 6.07) is 7.95. The molecule has 26 heavy (non-hydrogen) atoms. The van der Waals surface area contributed by atoms with Crippen LogP contribution in [0.25, 0.3) is 5.69 Å². The van der Waals surface area contributed by atoms with Crippen molar-refractivity contribution in [2.24, 2.45) is 5.92 Å². The van der Waals surface area contributed by atoms with Crippen molar-refractivity contribution in [2.75, 3.05) is 38.2 Å². The summed E-state index contributed by atoms with van der Waals surface area (Å²) < 4.78 is 7.40. The third-order valence-electron chi connectivity index (χ3n) is 5.16. The van der Waals surface area contributed by atoms with Crippen LogP contribution in [0.15, 0.2) is 36.7 Å². The zero-order valence-electron chi connectivity index (χ0n) is 15.9. The van der Waals surface area contributed by atoms with Gasteiger partial charge < -0.3 is 14.5 Å². The van der Waals surface area contributed by atoms with E-state index in [1.165, 1.54) is 0 Å². The molecule has 3 rings (SSSR count). The average molecular weight is 356 g/mol. The summed E-state index contributed by atoms with van der Waals surface area (Å²) in [4.78, 5) is 21.4.